The number of nitrogens with one attached hydrogen (secondary N) is 1. The Hall–Kier alpha value is -2.32. The van der Waals surface area contributed by atoms with Gasteiger partial charge in [0.15, 0.2) is 11.6 Å². The van der Waals surface area contributed by atoms with Crippen molar-refractivity contribution in [3.05, 3.63) is 24.0 Å². The van der Waals surface area contributed by atoms with Gasteiger partial charge in [0, 0.05) is 37.7 Å². The number of rotatable bonds is 6. The van der Waals surface area contributed by atoms with Crippen molar-refractivity contribution in [1.82, 2.24) is 4.90 Å². The molecular weight excluding hydrogens is 368 g/mol. The number of carbonyl (C=O) groups excluding carboxylic acids is 2. The van der Waals surface area contributed by atoms with Crippen LogP contribution in [0.4, 0.5) is 23.2 Å². The Morgan fingerprint density at radius 2 is 1.93 bits per heavy atom. The van der Waals surface area contributed by atoms with Crippen molar-refractivity contribution in [3.8, 4) is 5.75 Å². The molecule has 1 saturated heterocycles. The molecule has 0 aliphatic carbocycles. The summed E-state index contributed by atoms with van der Waals surface area (Å²) in [5, 5.41) is 2.48. The second-order valence-corrected chi connectivity index (χ2v) is 6.52. The number of benzene rings is 1. The summed E-state index contributed by atoms with van der Waals surface area (Å²) in [5.41, 5.74) is 0.0579. The average Bonchev–Trinajstić information content (AvgIpc) is 2.57. The summed E-state index contributed by atoms with van der Waals surface area (Å²) < 4.78 is 53.6. The zero-order valence-electron chi connectivity index (χ0n) is 14.9. The van der Waals surface area contributed by atoms with Gasteiger partial charge >= 0.3 is 6.36 Å². The van der Waals surface area contributed by atoms with Gasteiger partial charge < -0.3 is 15.0 Å². The summed E-state index contributed by atoms with van der Waals surface area (Å²) in [6, 6.07) is 2.75. The minimum atomic E-state index is -4.99. The first-order chi connectivity index (χ1) is 12.7. The van der Waals surface area contributed by atoms with E-state index in [1.807, 2.05) is 6.92 Å². The Bertz CT molecular complexity index is 671. The Morgan fingerprint density at radius 1 is 1.26 bits per heavy atom. The van der Waals surface area contributed by atoms with Crippen molar-refractivity contribution in [2.24, 2.45) is 5.92 Å². The zero-order valence-corrected chi connectivity index (χ0v) is 14.9. The van der Waals surface area contributed by atoms with Crippen molar-refractivity contribution in [1.29, 1.82) is 0 Å². The highest BCUT2D eigenvalue weighted by molar-refractivity contribution is 5.91. The number of anilines is 1. The summed E-state index contributed by atoms with van der Waals surface area (Å²) in [5.74, 6) is -2.29. The molecule has 1 aromatic rings. The van der Waals surface area contributed by atoms with E-state index in [4.69, 9.17) is 0 Å². The van der Waals surface area contributed by atoms with Gasteiger partial charge in [0.1, 0.15) is 0 Å². The van der Waals surface area contributed by atoms with Gasteiger partial charge in [-0.3, -0.25) is 9.59 Å². The molecule has 9 heteroatoms. The summed E-state index contributed by atoms with van der Waals surface area (Å²) in [7, 11) is 0. The standard InChI is InChI=1S/C18H22F4N2O3/c1-2-3-17(26)24-8-6-12(7-9-24)10-16(25)23-13-4-5-15(14(19)11-13)27-18(20,21)22/h4-5,11-12H,2-3,6-10H2,1H3,(H,23,25). The first kappa shape index (κ1) is 21.0. The van der Waals surface area contributed by atoms with E-state index in [9.17, 15) is 27.2 Å². The molecule has 1 aromatic carbocycles. The van der Waals surface area contributed by atoms with Crippen molar-refractivity contribution >= 4 is 17.5 Å². The smallest absolute Gasteiger partial charge is 0.403 e. The van der Waals surface area contributed by atoms with Gasteiger partial charge in [-0.2, -0.15) is 0 Å². The number of carbonyl (C=O) groups is 2. The number of hydrogen-bond donors (Lipinski definition) is 1. The van der Waals surface area contributed by atoms with Gasteiger partial charge in [0.2, 0.25) is 11.8 Å². The fraction of sp³-hybridized carbons (Fsp3) is 0.556. The summed E-state index contributed by atoms with van der Waals surface area (Å²) in [6.07, 6.45) is -2.06. The maximum atomic E-state index is 13.7. The molecule has 0 atom stereocenters. The maximum Gasteiger partial charge on any atom is 0.573 e. The van der Waals surface area contributed by atoms with E-state index >= 15 is 0 Å². The predicted molar refractivity (Wildman–Crippen MR) is 90.5 cm³/mol. The highest BCUT2D eigenvalue weighted by atomic mass is 19.4. The molecule has 1 N–H and O–H groups in total. The maximum absolute atomic E-state index is 13.7. The number of alkyl halides is 3. The first-order valence-corrected chi connectivity index (χ1v) is 8.81. The number of amides is 2. The predicted octanol–water partition coefficient (Wildman–Crippen LogP) is 4.09. The third kappa shape index (κ3) is 6.73. The van der Waals surface area contributed by atoms with Crippen molar-refractivity contribution in [3.63, 3.8) is 0 Å². The molecule has 5 nitrogen and oxygen atoms in total. The molecule has 0 saturated carbocycles. The molecule has 1 aliphatic rings. The minimum absolute atomic E-state index is 0.0579. The van der Waals surface area contributed by atoms with E-state index in [0.717, 1.165) is 24.6 Å². The Labute approximate surface area is 154 Å². The number of halogens is 4. The van der Waals surface area contributed by atoms with E-state index < -0.39 is 17.9 Å². The molecule has 0 unspecified atom stereocenters. The van der Waals surface area contributed by atoms with Crippen LogP contribution >= 0.6 is 0 Å². The van der Waals surface area contributed by atoms with Gasteiger partial charge in [-0.1, -0.05) is 6.92 Å². The molecule has 1 fully saturated rings. The molecule has 0 spiro atoms. The quantitative estimate of drug-likeness (QED) is 0.745. The molecule has 0 radical (unpaired) electrons. The largest absolute Gasteiger partial charge is 0.573 e. The van der Waals surface area contributed by atoms with Gasteiger partial charge in [-0.15, -0.1) is 13.2 Å². The number of piperidine rings is 1. The second kappa shape index (κ2) is 9.05. The highest BCUT2D eigenvalue weighted by Crippen LogP contribution is 2.28. The average molecular weight is 390 g/mol. The molecule has 150 valence electrons. The van der Waals surface area contributed by atoms with Crippen LogP contribution in [-0.4, -0.2) is 36.2 Å². The lowest BCUT2D eigenvalue weighted by Gasteiger charge is -2.31. The minimum Gasteiger partial charge on any atom is -0.403 e. The lowest BCUT2D eigenvalue weighted by molar-refractivity contribution is -0.275. The summed E-state index contributed by atoms with van der Waals surface area (Å²) >= 11 is 0. The molecule has 2 amide bonds. The van der Waals surface area contributed by atoms with Crippen LogP contribution in [0.5, 0.6) is 5.75 Å². The Kier molecular flexibility index (Phi) is 7.04. The summed E-state index contributed by atoms with van der Waals surface area (Å²) in [4.78, 5) is 25.7. The van der Waals surface area contributed by atoms with Crippen LogP contribution in [0.3, 0.4) is 0 Å². The lowest BCUT2D eigenvalue weighted by Crippen LogP contribution is -2.39. The van der Waals surface area contributed by atoms with E-state index in [1.54, 1.807) is 4.90 Å². The molecule has 0 aromatic heterocycles. The van der Waals surface area contributed by atoms with Crippen molar-refractivity contribution in [2.75, 3.05) is 18.4 Å². The Balaban J connectivity index is 1.83. The monoisotopic (exact) mass is 390 g/mol. The Morgan fingerprint density at radius 3 is 2.48 bits per heavy atom. The molecule has 27 heavy (non-hydrogen) atoms. The fourth-order valence-corrected chi connectivity index (χ4v) is 3.02. The van der Waals surface area contributed by atoms with Gasteiger partial charge in [-0.25, -0.2) is 4.39 Å². The third-order valence-corrected chi connectivity index (χ3v) is 4.35. The number of nitrogens with zero attached hydrogens (tertiary/aromatic N) is 1. The van der Waals surface area contributed by atoms with Crippen LogP contribution < -0.4 is 10.1 Å². The molecule has 0 bridgehead atoms. The molecular formula is C18H22F4N2O3. The first-order valence-electron chi connectivity index (χ1n) is 8.81. The normalized spacial score (nSPS) is 15.5. The number of hydrogen-bond acceptors (Lipinski definition) is 3. The molecule has 1 aliphatic heterocycles. The van der Waals surface area contributed by atoms with Crippen LogP contribution in [0.25, 0.3) is 0 Å². The third-order valence-electron chi connectivity index (χ3n) is 4.35. The van der Waals surface area contributed by atoms with Crippen molar-refractivity contribution in [2.45, 2.75) is 45.4 Å². The van der Waals surface area contributed by atoms with Gasteiger partial charge in [0.25, 0.3) is 0 Å². The van der Waals surface area contributed by atoms with Crippen LogP contribution in [0, 0.1) is 11.7 Å². The molecule has 1 heterocycles. The summed E-state index contributed by atoms with van der Waals surface area (Å²) in [6.45, 7) is 3.16. The van der Waals surface area contributed by atoms with Crippen molar-refractivity contribution < 1.29 is 31.9 Å². The van der Waals surface area contributed by atoms with E-state index in [1.165, 1.54) is 0 Å². The van der Waals surface area contributed by atoms with Crippen LogP contribution in [0.15, 0.2) is 18.2 Å². The van der Waals surface area contributed by atoms with Gasteiger partial charge in [0.05, 0.1) is 0 Å². The zero-order chi connectivity index (χ0) is 20.0. The molecule has 2 rings (SSSR count). The van der Waals surface area contributed by atoms with Gasteiger partial charge in [-0.05, 0) is 37.3 Å². The lowest BCUT2D eigenvalue weighted by atomic mass is 9.93. The second-order valence-electron chi connectivity index (χ2n) is 6.52. The fourth-order valence-electron chi connectivity index (χ4n) is 3.02. The SMILES string of the molecule is CCCC(=O)N1CCC(CC(=O)Nc2ccc(OC(F)(F)F)c(F)c2)CC1. The van der Waals surface area contributed by atoms with Crippen LogP contribution in [0.2, 0.25) is 0 Å². The van der Waals surface area contributed by atoms with E-state index in [-0.39, 0.29) is 29.8 Å². The topological polar surface area (TPSA) is 58.6 Å². The van der Waals surface area contributed by atoms with Crippen LogP contribution in [0.1, 0.15) is 39.0 Å². The number of ether oxygens (including phenoxy) is 1. The van der Waals surface area contributed by atoms with E-state index in [0.29, 0.717) is 32.4 Å². The van der Waals surface area contributed by atoms with E-state index in [2.05, 4.69) is 10.1 Å². The van der Waals surface area contributed by atoms with Crippen LogP contribution in [-0.2, 0) is 9.59 Å². The number of likely N-dealkylation sites (tertiary alicyclic amines) is 1. The highest BCUT2D eigenvalue weighted by Gasteiger charge is 2.32.